The van der Waals surface area contributed by atoms with Crippen molar-refractivity contribution in [2.24, 2.45) is 5.73 Å². The first-order chi connectivity index (χ1) is 9.06. The fraction of sp³-hybridized carbons (Fsp3) is 0.231. The van der Waals surface area contributed by atoms with Gasteiger partial charge in [-0.2, -0.15) is 0 Å². The number of nitrogens with two attached hydrogens (primary N) is 1. The summed E-state index contributed by atoms with van der Waals surface area (Å²) in [5, 5.41) is 6.86. The van der Waals surface area contributed by atoms with Crippen LogP contribution in [0.1, 0.15) is 27.4 Å². The number of nitrogens with zero attached hydrogens (tertiary/aromatic N) is 1. The van der Waals surface area contributed by atoms with E-state index >= 15 is 0 Å². The topological polar surface area (TPSA) is 81.1 Å². The molecule has 0 unspecified atom stereocenters. The van der Waals surface area contributed by atoms with Gasteiger partial charge in [-0.25, -0.2) is 4.39 Å². The van der Waals surface area contributed by atoms with Crippen molar-refractivity contribution in [2.45, 2.75) is 20.0 Å². The minimum absolute atomic E-state index is 0.161. The van der Waals surface area contributed by atoms with Crippen molar-refractivity contribution in [2.75, 3.05) is 0 Å². The van der Waals surface area contributed by atoms with Crippen molar-refractivity contribution < 1.29 is 13.7 Å². The molecule has 0 spiro atoms. The van der Waals surface area contributed by atoms with Crippen LogP contribution in [-0.2, 0) is 13.1 Å². The van der Waals surface area contributed by atoms with E-state index in [0.717, 1.165) is 17.5 Å². The molecule has 100 valence electrons. The van der Waals surface area contributed by atoms with Gasteiger partial charge in [0.1, 0.15) is 11.6 Å². The molecule has 6 heteroatoms. The van der Waals surface area contributed by atoms with Crippen LogP contribution < -0.4 is 11.1 Å². The number of amides is 1. The number of hydrogen-bond donors (Lipinski definition) is 2. The summed E-state index contributed by atoms with van der Waals surface area (Å²) in [4.78, 5) is 10.9. The molecule has 5 nitrogen and oxygen atoms in total. The second kappa shape index (κ2) is 5.62. The number of aromatic nitrogens is 1. The molecule has 0 fully saturated rings. The third-order valence-corrected chi connectivity index (χ3v) is 2.64. The summed E-state index contributed by atoms with van der Waals surface area (Å²) < 4.78 is 18.6. The van der Waals surface area contributed by atoms with Gasteiger partial charge in [0.05, 0.1) is 5.69 Å². The van der Waals surface area contributed by atoms with Crippen molar-refractivity contribution in [3.63, 3.8) is 0 Å². The van der Waals surface area contributed by atoms with Crippen molar-refractivity contribution in [3.05, 3.63) is 52.7 Å². The molecule has 3 N–H and O–H groups in total. The summed E-state index contributed by atoms with van der Waals surface area (Å²) in [6.07, 6.45) is 0. The van der Waals surface area contributed by atoms with E-state index in [0.29, 0.717) is 18.7 Å². The number of nitrogens with one attached hydrogen (secondary N) is 1. The van der Waals surface area contributed by atoms with Gasteiger partial charge in [-0.1, -0.05) is 11.2 Å². The molecule has 0 radical (unpaired) electrons. The summed E-state index contributed by atoms with van der Waals surface area (Å²) in [5.41, 5.74) is 6.45. The van der Waals surface area contributed by atoms with Crippen LogP contribution in [0.3, 0.4) is 0 Å². The number of carbonyl (C=O) groups is 1. The maximum absolute atomic E-state index is 13.7. The van der Waals surface area contributed by atoms with Gasteiger partial charge in [0.2, 0.25) is 5.91 Å². The van der Waals surface area contributed by atoms with Gasteiger partial charge in [-0.3, -0.25) is 4.79 Å². The smallest absolute Gasteiger partial charge is 0.248 e. The van der Waals surface area contributed by atoms with Gasteiger partial charge in [-0.05, 0) is 19.1 Å². The van der Waals surface area contributed by atoms with Crippen LogP contribution in [0.2, 0.25) is 0 Å². The van der Waals surface area contributed by atoms with E-state index < -0.39 is 11.7 Å². The molecule has 0 saturated carbocycles. The summed E-state index contributed by atoms with van der Waals surface area (Å²) in [5.74, 6) is -0.370. The standard InChI is InChI=1S/C13H14FN3O2/c1-8-4-11(17-19-8)7-16-6-10-3-2-9(13(15)18)5-12(10)14/h2-5,16H,6-7H2,1H3,(H2,15,18). The first-order valence-corrected chi connectivity index (χ1v) is 5.77. The average molecular weight is 263 g/mol. The first-order valence-electron chi connectivity index (χ1n) is 5.77. The van der Waals surface area contributed by atoms with Crippen LogP contribution in [0, 0.1) is 12.7 Å². The molecule has 1 amide bonds. The fourth-order valence-electron chi connectivity index (χ4n) is 1.67. The van der Waals surface area contributed by atoms with E-state index in [1.165, 1.54) is 12.1 Å². The van der Waals surface area contributed by atoms with Gasteiger partial charge in [0.15, 0.2) is 0 Å². The zero-order chi connectivity index (χ0) is 13.8. The zero-order valence-corrected chi connectivity index (χ0v) is 10.4. The predicted octanol–water partition coefficient (Wildman–Crippen LogP) is 1.51. The molecule has 0 saturated heterocycles. The van der Waals surface area contributed by atoms with Crippen LogP contribution in [0.4, 0.5) is 4.39 Å². The van der Waals surface area contributed by atoms with Crippen molar-refractivity contribution in [1.82, 2.24) is 10.5 Å². The lowest BCUT2D eigenvalue weighted by atomic mass is 10.1. The second-order valence-corrected chi connectivity index (χ2v) is 4.20. The Morgan fingerprint density at radius 3 is 2.79 bits per heavy atom. The number of benzene rings is 1. The summed E-state index contributed by atoms with van der Waals surface area (Å²) in [6, 6.07) is 5.98. The molecule has 0 atom stereocenters. The lowest BCUT2D eigenvalue weighted by Crippen LogP contribution is -2.15. The molecular weight excluding hydrogens is 249 g/mol. The van der Waals surface area contributed by atoms with E-state index in [9.17, 15) is 9.18 Å². The van der Waals surface area contributed by atoms with Crippen molar-refractivity contribution in [3.8, 4) is 0 Å². The van der Waals surface area contributed by atoms with Crippen LogP contribution in [0.25, 0.3) is 0 Å². The summed E-state index contributed by atoms with van der Waals surface area (Å²) in [7, 11) is 0. The maximum Gasteiger partial charge on any atom is 0.248 e. The highest BCUT2D eigenvalue weighted by atomic mass is 19.1. The van der Waals surface area contributed by atoms with Crippen molar-refractivity contribution in [1.29, 1.82) is 0 Å². The van der Waals surface area contributed by atoms with E-state index in [1.807, 2.05) is 0 Å². The molecule has 2 rings (SSSR count). The van der Waals surface area contributed by atoms with Crippen LogP contribution in [-0.4, -0.2) is 11.1 Å². The van der Waals surface area contributed by atoms with Crippen molar-refractivity contribution >= 4 is 5.91 Å². The number of primary amides is 1. The Bertz CT molecular complexity index is 595. The van der Waals surface area contributed by atoms with Crippen LogP contribution >= 0.6 is 0 Å². The Labute approximate surface area is 109 Å². The number of carbonyl (C=O) groups excluding carboxylic acids is 1. The highest BCUT2D eigenvalue weighted by Crippen LogP contribution is 2.10. The Morgan fingerprint density at radius 1 is 1.42 bits per heavy atom. The largest absolute Gasteiger partial charge is 0.366 e. The summed E-state index contributed by atoms with van der Waals surface area (Å²) in [6.45, 7) is 2.61. The minimum Gasteiger partial charge on any atom is -0.366 e. The zero-order valence-electron chi connectivity index (χ0n) is 10.4. The Morgan fingerprint density at radius 2 is 2.21 bits per heavy atom. The quantitative estimate of drug-likeness (QED) is 0.856. The predicted molar refractivity (Wildman–Crippen MR) is 66.7 cm³/mol. The molecule has 0 aliphatic heterocycles. The van der Waals surface area contributed by atoms with Crippen LogP contribution in [0.15, 0.2) is 28.8 Å². The number of halogens is 1. The van der Waals surface area contributed by atoms with E-state index in [2.05, 4.69) is 10.5 Å². The molecular formula is C13H14FN3O2. The van der Waals surface area contributed by atoms with Gasteiger partial charge >= 0.3 is 0 Å². The highest BCUT2D eigenvalue weighted by Gasteiger charge is 2.07. The van der Waals surface area contributed by atoms with Crippen LogP contribution in [0.5, 0.6) is 0 Å². The minimum atomic E-state index is -0.642. The van der Waals surface area contributed by atoms with Gasteiger partial charge in [0, 0.05) is 30.3 Å². The third-order valence-electron chi connectivity index (χ3n) is 2.64. The van der Waals surface area contributed by atoms with Gasteiger partial charge in [-0.15, -0.1) is 0 Å². The Balaban J connectivity index is 1.94. The van der Waals surface area contributed by atoms with Gasteiger partial charge in [0.25, 0.3) is 0 Å². The monoisotopic (exact) mass is 263 g/mol. The van der Waals surface area contributed by atoms with E-state index in [1.54, 1.807) is 13.0 Å². The second-order valence-electron chi connectivity index (χ2n) is 4.20. The number of rotatable bonds is 5. The number of hydrogen-bond acceptors (Lipinski definition) is 4. The molecule has 1 heterocycles. The Hall–Kier alpha value is -2.21. The number of aryl methyl sites for hydroxylation is 1. The Kier molecular flexibility index (Phi) is 3.91. The highest BCUT2D eigenvalue weighted by molar-refractivity contribution is 5.92. The molecule has 19 heavy (non-hydrogen) atoms. The molecule has 2 aromatic rings. The summed E-state index contributed by atoms with van der Waals surface area (Å²) >= 11 is 0. The third kappa shape index (κ3) is 3.38. The molecule has 1 aromatic carbocycles. The van der Waals surface area contributed by atoms with E-state index in [4.69, 9.17) is 10.3 Å². The maximum atomic E-state index is 13.7. The van der Waals surface area contributed by atoms with Gasteiger partial charge < -0.3 is 15.6 Å². The average Bonchev–Trinajstić information content (AvgIpc) is 2.77. The molecule has 0 aliphatic carbocycles. The van der Waals surface area contributed by atoms with E-state index in [-0.39, 0.29) is 5.56 Å². The molecule has 0 aliphatic rings. The lowest BCUT2D eigenvalue weighted by Gasteiger charge is -2.05. The molecule has 0 bridgehead atoms. The normalized spacial score (nSPS) is 10.6. The lowest BCUT2D eigenvalue weighted by molar-refractivity contribution is 0.1000. The first kappa shape index (κ1) is 13.2. The molecule has 1 aromatic heterocycles. The fourth-order valence-corrected chi connectivity index (χ4v) is 1.67. The SMILES string of the molecule is Cc1cc(CNCc2ccc(C(N)=O)cc2F)no1.